The minimum atomic E-state index is -0.302. The minimum Gasteiger partial charge on any atom is -0.390 e. The van der Waals surface area contributed by atoms with Crippen molar-refractivity contribution in [2.45, 2.75) is 19.4 Å². The Hall–Kier alpha value is -0.450. The second-order valence-electron chi connectivity index (χ2n) is 3.45. The van der Waals surface area contributed by atoms with Crippen molar-refractivity contribution in [3.8, 4) is 0 Å². The smallest absolute Gasteiger partial charge is 0.0932 e. The van der Waals surface area contributed by atoms with Crippen molar-refractivity contribution in [1.29, 1.82) is 0 Å². The van der Waals surface area contributed by atoms with Crippen LogP contribution in [0.15, 0.2) is 5.38 Å². The summed E-state index contributed by atoms with van der Waals surface area (Å²) < 4.78 is 5.18. The lowest BCUT2D eigenvalue weighted by Gasteiger charge is -2.09. The molecule has 0 bridgehead atoms. The lowest BCUT2D eigenvalue weighted by Crippen LogP contribution is -2.19. The number of ether oxygens (including phenoxy) is 1. The number of thiazole rings is 1. The highest BCUT2D eigenvalue weighted by molar-refractivity contribution is 7.09. The van der Waals surface area contributed by atoms with E-state index in [9.17, 15) is 5.11 Å². The molecule has 0 aromatic carbocycles. The highest BCUT2D eigenvalue weighted by Gasteiger charge is 2.26. The summed E-state index contributed by atoms with van der Waals surface area (Å²) in [5.74, 6) is 0.241. The first-order valence-electron chi connectivity index (χ1n) is 4.42. The molecule has 1 aliphatic heterocycles. The monoisotopic (exact) mass is 199 g/mol. The van der Waals surface area contributed by atoms with Crippen molar-refractivity contribution in [2.24, 2.45) is 5.92 Å². The molecule has 1 N–H and O–H groups in total. The van der Waals surface area contributed by atoms with Crippen LogP contribution in [0.4, 0.5) is 0 Å². The maximum atomic E-state index is 9.51. The number of aryl methyl sites for hydroxylation is 1. The van der Waals surface area contributed by atoms with E-state index >= 15 is 0 Å². The number of hydrogen-bond acceptors (Lipinski definition) is 4. The van der Waals surface area contributed by atoms with Gasteiger partial charge in [-0.3, -0.25) is 0 Å². The van der Waals surface area contributed by atoms with Crippen LogP contribution < -0.4 is 0 Å². The van der Waals surface area contributed by atoms with E-state index in [1.807, 2.05) is 12.3 Å². The Labute approximate surface area is 81.4 Å². The maximum Gasteiger partial charge on any atom is 0.0932 e. The number of hydrogen-bond donors (Lipinski definition) is 1. The molecule has 2 heterocycles. The average Bonchev–Trinajstić information content (AvgIpc) is 2.64. The summed E-state index contributed by atoms with van der Waals surface area (Å²) in [5, 5.41) is 12.7. The van der Waals surface area contributed by atoms with Gasteiger partial charge in [-0.1, -0.05) is 0 Å². The summed E-state index contributed by atoms with van der Waals surface area (Å²) >= 11 is 1.66. The van der Waals surface area contributed by atoms with Crippen LogP contribution in [0, 0.1) is 12.8 Å². The van der Waals surface area contributed by atoms with Gasteiger partial charge in [-0.25, -0.2) is 4.98 Å². The van der Waals surface area contributed by atoms with Gasteiger partial charge in [-0.05, 0) is 6.92 Å². The second kappa shape index (κ2) is 3.74. The molecule has 4 heteroatoms. The first-order valence-corrected chi connectivity index (χ1v) is 5.30. The summed E-state index contributed by atoms with van der Waals surface area (Å²) in [7, 11) is 0. The normalized spacial score (nSPS) is 28.2. The molecule has 1 aromatic heterocycles. The molecule has 0 unspecified atom stereocenters. The van der Waals surface area contributed by atoms with Crippen molar-refractivity contribution < 1.29 is 9.84 Å². The SMILES string of the molecule is Cc1csc(C[C@@H]2COC[C@H]2O)n1. The molecule has 2 atom stereocenters. The second-order valence-corrected chi connectivity index (χ2v) is 4.39. The Morgan fingerprint density at radius 3 is 3.08 bits per heavy atom. The molecule has 0 saturated carbocycles. The van der Waals surface area contributed by atoms with Crippen LogP contribution >= 0.6 is 11.3 Å². The fraction of sp³-hybridized carbons (Fsp3) is 0.667. The lowest BCUT2D eigenvalue weighted by atomic mass is 10.0. The largest absolute Gasteiger partial charge is 0.390 e. The maximum absolute atomic E-state index is 9.51. The van der Waals surface area contributed by atoms with Gasteiger partial charge in [-0.2, -0.15) is 0 Å². The van der Waals surface area contributed by atoms with Crippen molar-refractivity contribution in [3.63, 3.8) is 0 Å². The molecule has 3 nitrogen and oxygen atoms in total. The number of aromatic nitrogens is 1. The summed E-state index contributed by atoms with van der Waals surface area (Å²) in [6.07, 6.45) is 0.545. The summed E-state index contributed by atoms with van der Waals surface area (Å²) in [6, 6.07) is 0. The van der Waals surface area contributed by atoms with Crippen molar-refractivity contribution in [2.75, 3.05) is 13.2 Å². The fourth-order valence-corrected chi connectivity index (χ4v) is 2.37. The van der Waals surface area contributed by atoms with Gasteiger partial charge >= 0.3 is 0 Å². The van der Waals surface area contributed by atoms with E-state index in [-0.39, 0.29) is 12.0 Å². The van der Waals surface area contributed by atoms with Crippen LogP contribution in [0.2, 0.25) is 0 Å². The zero-order valence-electron chi connectivity index (χ0n) is 7.56. The predicted molar refractivity (Wildman–Crippen MR) is 50.9 cm³/mol. The average molecular weight is 199 g/mol. The molecule has 1 aromatic rings. The van der Waals surface area contributed by atoms with Crippen molar-refractivity contribution >= 4 is 11.3 Å². The van der Waals surface area contributed by atoms with Gasteiger partial charge in [0.1, 0.15) is 0 Å². The standard InChI is InChI=1S/C9H13NO2S/c1-6-5-13-9(10-6)2-7-3-12-4-8(7)11/h5,7-8,11H,2-4H2,1H3/t7-,8-/m1/s1. The Morgan fingerprint density at radius 2 is 2.54 bits per heavy atom. The summed E-state index contributed by atoms with van der Waals surface area (Å²) in [4.78, 5) is 4.36. The summed E-state index contributed by atoms with van der Waals surface area (Å²) in [5.41, 5.74) is 1.06. The van der Waals surface area contributed by atoms with E-state index < -0.39 is 0 Å². The van der Waals surface area contributed by atoms with Gasteiger partial charge in [0, 0.05) is 23.4 Å². The van der Waals surface area contributed by atoms with Gasteiger partial charge in [0.2, 0.25) is 0 Å². The molecule has 1 fully saturated rings. The highest BCUT2D eigenvalue weighted by Crippen LogP contribution is 2.20. The molecule has 0 aliphatic carbocycles. The van der Waals surface area contributed by atoms with Crippen LogP contribution in [0.25, 0.3) is 0 Å². The van der Waals surface area contributed by atoms with Gasteiger partial charge in [0.05, 0.1) is 24.3 Å². The molecular weight excluding hydrogens is 186 g/mol. The van der Waals surface area contributed by atoms with Gasteiger partial charge < -0.3 is 9.84 Å². The van der Waals surface area contributed by atoms with E-state index in [4.69, 9.17) is 4.74 Å². The van der Waals surface area contributed by atoms with E-state index in [2.05, 4.69) is 4.98 Å². The van der Waals surface area contributed by atoms with Crippen molar-refractivity contribution in [1.82, 2.24) is 4.98 Å². The van der Waals surface area contributed by atoms with Gasteiger partial charge in [0.15, 0.2) is 0 Å². The third kappa shape index (κ3) is 2.07. The van der Waals surface area contributed by atoms with Crippen molar-refractivity contribution in [3.05, 3.63) is 16.1 Å². The highest BCUT2D eigenvalue weighted by atomic mass is 32.1. The molecule has 0 radical (unpaired) electrons. The topological polar surface area (TPSA) is 42.4 Å². The summed E-state index contributed by atoms with van der Waals surface area (Å²) in [6.45, 7) is 3.14. The van der Waals surface area contributed by atoms with Crippen LogP contribution in [0.3, 0.4) is 0 Å². The number of nitrogens with zero attached hydrogens (tertiary/aromatic N) is 1. The Morgan fingerprint density at radius 1 is 1.69 bits per heavy atom. The molecule has 2 rings (SSSR count). The van der Waals surface area contributed by atoms with Crippen LogP contribution in [0.5, 0.6) is 0 Å². The first-order chi connectivity index (χ1) is 6.25. The Balaban J connectivity index is 1.97. The zero-order valence-corrected chi connectivity index (χ0v) is 8.38. The first kappa shape index (κ1) is 9.12. The van der Waals surface area contributed by atoms with Crippen LogP contribution in [0.1, 0.15) is 10.7 Å². The zero-order chi connectivity index (χ0) is 9.26. The van der Waals surface area contributed by atoms with Crippen LogP contribution in [-0.4, -0.2) is 29.4 Å². The van der Waals surface area contributed by atoms with Crippen LogP contribution in [-0.2, 0) is 11.2 Å². The predicted octanol–water partition coefficient (Wildman–Crippen LogP) is 1.00. The van der Waals surface area contributed by atoms with Gasteiger partial charge in [-0.15, -0.1) is 11.3 Å². The number of aliphatic hydroxyl groups excluding tert-OH is 1. The Bertz CT molecular complexity index is 287. The van der Waals surface area contributed by atoms with E-state index in [0.29, 0.717) is 13.2 Å². The molecule has 1 aliphatic rings. The third-order valence-electron chi connectivity index (χ3n) is 2.27. The van der Waals surface area contributed by atoms with Gasteiger partial charge in [0.25, 0.3) is 0 Å². The number of rotatable bonds is 2. The third-order valence-corrected chi connectivity index (χ3v) is 3.26. The molecule has 0 amide bonds. The Kier molecular flexibility index (Phi) is 2.62. The van der Waals surface area contributed by atoms with E-state index in [0.717, 1.165) is 17.1 Å². The minimum absolute atomic E-state index is 0.241. The molecule has 1 saturated heterocycles. The lowest BCUT2D eigenvalue weighted by molar-refractivity contribution is 0.118. The molecule has 0 spiro atoms. The molecule has 13 heavy (non-hydrogen) atoms. The molecular formula is C9H13NO2S. The number of aliphatic hydroxyl groups is 1. The fourth-order valence-electron chi connectivity index (χ4n) is 1.50. The quantitative estimate of drug-likeness (QED) is 0.772. The molecule has 72 valence electrons. The van der Waals surface area contributed by atoms with E-state index in [1.54, 1.807) is 11.3 Å². The van der Waals surface area contributed by atoms with E-state index in [1.165, 1.54) is 0 Å².